The number of aliphatic carboxylic acids is 1. The molecule has 0 spiro atoms. The van der Waals surface area contributed by atoms with Crippen molar-refractivity contribution in [2.45, 2.75) is 18.9 Å². The number of carboxylic acids is 1. The van der Waals surface area contributed by atoms with E-state index in [1.807, 2.05) is 21.2 Å². The molecular formula is C32H34N6O6S. The van der Waals surface area contributed by atoms with Crippen LogP contribution in [0.15, 0.2) is 60.0 Å². The first kappa shape index (κ1) is 31.5. The molecule has 12 nitrogen and oxygen atoms in total. The Morgan fingerprint density at radius 2 is 1.64 bits per heavy atom. The first-order valence-corrected chi connectivity index (χ1v) is 15.6. The van der Waals surface area contributed by atoms with Crippen molar-refractivity contribution in [3.63, 3.8) is 0 Å². The van der Waals surface area contributed by atoms with Crippen LogP contribution in [0.25, 0.3) is 0 Å². The molecule has 2 saturated heterocycles. The van der Waals surface area contributed by atoms with E-state index in [9.17, 15) is 24.3 Å². The average molecular weight is 631 g/mol. The van der Waals surface area contributed by atoms with Crippen LogP contribution in [-0.4, -0.2) is 91.2 Å². The number of carbonyl (C=O) groups excluding carboxylic acids is 3. The average Bonchev–Trinajstić information content (AvgIpc) is 3.49. The lowest BCUT2D eigenvalue weighted by molar-refractivity contribution is -0.137. The molecule has 5 rings (SSSR count). The molecule has 0 radical (unpaired) electrons. The van der Waals surface area contributed by atoms with Crippen LogP contribution in [0.4, 0.5) is 16.2 Å². The van der Waals surface area contributed by atoms with E-state index in [1.54, 1.807) is 54.6 Å². The van der Waals surface area contributed by atoms with E-state index in [4.69, 9.17) is 10.00 Å². The number of thiophene rings is 1. The van der Waals surface area contributed by atoms with Crippen LogP contribution in [0.2, 0.25) is 0 Å². The molecule has 3 heterocycles. The van der Waals surface area contributed by atoms with Gasteiger partial charge >= 0.3 is 12.0 Å². The third-order valence-electron chi connectivity index (χ3n) is 7.74. The molecule has 2 aromatic carbocycles. The van der Waals surface area contributed by atoms with Crippen LogP contribution in [0, 0.1) is 11.3 Å². The summed E-state index contributed by atoms with van der Waals surface area (Å²) in [6.07, 6.45) is 0.430. The fourth-order valence-corrected chi connectivity index (χ4v) is 6.15. The standard InChI is InChI=1S/C32H34N6O6S/c33-21-22-4-6-23(7-5-22)30(41)34-25-19-24(31(42)35-26(20-29(39)40)28-3-1-18-45-28)8-9-27(25)36-10-2-11-37(13-12-36)32(43)38-14-16-44-17-15-38/h1,3-9,18-19,26H,2,10-17,20H2,(H,34,41)(H,35,42)(H,39,40). The Hall–Kier alpha value is -4.93. The molecule has 234 valence electrons. The Labute approximate surface area is 264 Å². The van der Waals surface area contributed by atoms with Gasteiger partial charge in [-0.1, -0.05) is 6.07 Å². The summed E-state index contributed by atoms with van der Waals surface area (Å²) in [5.74, 6) is -1.94. The molecule has 45 heavy (non-hydrogen) atoms. The summed E-state index contributed by atoms with van der Waals surface area (Å²) in [6.45, 7) is 4.39. The van der Waals surface area contributed by atoms with Crippen molar-refractivity contribution in [1.82, 2.24) is 15.1 Å². The number of ether oxygens (including phenoxy) is 1. The molecule has 4 amide bonds. The fraction of sp³-hybridized carbons (Fsp3) is 0.344. The summed E-state index contributed by atoms with van der Waals surface area (Å²) in [6, 6.07) is 16.1. The Bertz CT molecular complexity index is 1570. The molecule has 0 bridgehead atoms. The zero-order valence-electron chi connectivity index (χ0n) is 24.6. The maximum atomic E-state index is 13.4. The first-order chi connectivity index (χ1) is 21.8. The highest BCUT2D eigenvalue weighted by molar-refractivity contribution is 7.10. The molecule has 2 aliphatic rings. The van der Waals surface area contributed by atoms with E-state index in [1.165, 1.54) is 11.3 Å². The highest BCUT2D eigenvalue weighted by Gasteiger charge is 2.27. The first-order valence-electron chi connectivity index (χ1n) is 14.7. The van der Waals surface area contributed by atoms with Crippen molar-refractivity contribution in [3.8, 4) is 6.07 Å². The van der Waals surface area contributed by atoms with Crippen LogP contribution in [0.1, 0.15) is 50.0 Å². The molecule has 2 aliphatic heterocycles. The van der Waals surface area contributed by atoms with Crippen molar-refractivity contribution in [2.75, 3.05) is 62.7 Å². The van der Waals surface area contributed by atoms with Crippen LogP contribution >= 0.6 is 11.3 Å². The van der Waals surface area contributed by atoms with Gasteiger partial charge in [-0.25, -0.2) is 4.79 Å². The second-order valence-electron chi connectivity index (χ2n) is 10.7. The van der Waals surface area contributed by atoms with Gasteiger partial charge in [0.15, 0.2) is 0 Å². The van der Waals surface area contributed by atoms with Gasteiger partial charge in [0.1, 0.15) is 0 Å². The van der Waals surface area contributed by atoms with E-state index >= 15 is 0 Å². The number of hydrogen-bond acceptors (Lipinski definition) is 8. The maximum Gasteiger partial charge on any atom is 0.320 e. The number of nitrogens with one attached hydrogen (secondary N) is 2. The molecule has 0 aliphatic carbocycles. The Morgan fingerprint density at radius 1 is 0.911 bits per heavy atom. The summed E-state index contributed by atoms with van der Waals surface area (Å²) in [4.78, 5) is 57.9. The summed E-state index contributed by atoms with van der Waals surface area (Å²) in [5.41, 5.74) is 2.10. The Morgan fingerprint density at radius 3 is 2.33 bits per heavy atom. The second-order valence-corrected chi connectivity index (χ2v) is 11.7. The molecule has 2 fully saturated rings. The number of carbonyl (C=O) groups is 4. The van der Waals surface area contributed by atoms with Crippen molar-refractivity contribution in [1.29, 1.82) is 5.26 Å². The van der Waals surface area contributed by atoms with Crippen LogP contribution < -0.4 is 15.5 Å². The van der Waals surface area contributed by atoms with Gasteiger partial charge < -0.3 is 35.2 Å². The van der Waals surface area contributed by atoms with E-state index in [-0.39, 0.29) is 18.0 Å². The van der Waals surface area contributed by atoms with E-state index < -0.39 is 23.8 Å². The minimum absolute atomic E-state index is 0.0110. The SMILES string of the molecule is N#Cc1ccc(C(=O)Nc2cc(C(=O)NC(CC(=O)O)c3cccs3)ccc2N2CCCN(C(=O)N3CCOCC3)CC2)cc1. The number of nitrogens with zero attached hydrogens (tertiary/aromatic N) is 4. The predicted octanol–water partition coefficient (Wildman–Crippen LogP) is 3.78. The van der Waals surface area contributed by atoms with Gasteiger partial charge in [-0.05, 0) is 60.3 Å². The fourth-order valence-electron chi connectivity index (χ4n) is 5.38. The Kier molecular flexibility index (Phi) is 10.3. The zero-order valence-corrected chi connectivity index (χ0v) is 25.4. The lowest BCUT2D eigenvalue weighted by atomic mass is 10.1. The molecule has 1 atom stereocenters. The van der Waals surface area contributed by atoms with Gasteiger partial charge in [0.05, 0.1) is 48.7 Å². The minimum atomic E-state index is -1.04. The van der Waals surface area contributed by atoms with Gasteiger partial charge in [0, 0.05) is 55.3 Å². The van der Waals surface area contributed by atoms with Crippen molar-refractivity contribution < 1.29 is 29.0 Å². The van der Waals surface area contributed by atoms with E-state index in [2.05, 4.69) is 15.5 Å². The van der Waals surface area contributed by atoms with Gasteiger partial charge in [0.25, 0.3) is 11.8 Å². The van der Waals surface area contributed by atoms with Gasteiger partial charge in [-0.15, -0.1) is 11.3 Å². The number of morpholine rings is 1. The monoisotopic (exact) mass is 630 g/mol. The molecule has 1 aromatic heterocycles. The van der Waals surface area contributed by atoms with Crippen molar-refractivity contribution in [2.24, 2.45) is 0 Å². The van der Waals surface area contributed by atoms with Gasteiger partial charge in [-0.2, -0.15) is 5.26 Å². The second kappa shape index (κ2) is 14.7. The van der Waals surface area contributed by atoms with Crippen LogP contribution in [0.3, 0.4) is 0 Å². The lowest BCUT2D eigenvalue weighted by Gasteiger charge is -2.32. The minimum Gasteiger partial charge on any atom is -0.481 e. The molecule has 0 saturated carbocycles. The largest absolute Gasteiger partial charge is 0.481 e. The summed E-state index contributed by atoms with van der Waals surface area (Å²) in [5, 5.41) is 26.1. The number of benzene rings is 2. The van der Waals surface area contributed by atoms with Crippen molar-refractivity contribution >= 4 is 46.5 Å². The number of hydrogen-bond donors (Lipinski definition) is 3. The van der Waals surface area contributed by atoms with Gasteiger partial charge in [0.2, 0.25) is 0 Å². The van der Waals surface area contributed by atoms with Crippen molar-refractivity contribution in [3.05, 3.63) is 81.5 Å². The highest BCUT2D eigenvalue weighted by Crippen LogP contribution is 2.30. The molecule has 3 aromatic rings. The number of anilines is 2. The normalized spacial score (nSPS) is 15.8. The van der Waals surface area contributed by atoms with E-state index in [0.29, 0.717) is 81.4 Å². The third-order valence-corrected chi connectivity index (χ3v) is 8.73. The zero-order chi connectivity index (χ0) is 31.8. The molecule has 3 N–H and O–H groups in total. The summed E-state index contributed by atoms with van der Waals surface area (Å²) >= 11 is 1.36. The summed E-state index contributed by atoms with van der Waals surface area (Å²) in [7, 11) is 0. The summed E-state index contributed by atoms with van der Waals surface area (Å²) < 4.78 is 5.38. The Balaban J connectivity index is 1.39. The van der Waals surface area contributed by atoms with E-state index in [0.717, 1.165) is 4.88 Å². The smallest absolute Gasteiger partial charge is 0.320 e. The van der Waals surface area contributed by atoms with Crippen LogP contribution in [0.5, 0.6) is 0 Å². The highest BCUT2D eigenvalue weighted by atomic mass is 32.1. The number of urea groups is 1. The number of rotatable bonds is 8. The number of carboxylic acid groups (broad SMARTS) is 1. The maximum absolute atomic E-state index is 13.4. The van der Waals surface area contributed by atoms with Gasteiger partial charge in [-0.3, -0.25) is 14.4 Å². The molecule has 13 heteroatoms. The molecular weight excluding hydrogens is 596 g/mol. The molecule has 1 unspecified atom stereocenters. The number of nitriles is 1. The lowest BCUT2D eigenvalue weighted by Crippen LogP contribution is -2.49. The predicted molar refractivity (Wildman–Crippen MR) is 169 cm³/mol. The quantitative estimate of drug-likeness (QED) is 0.340. The topological polar surface area (TPSA) is 155 Å². The third kappa shape index (κ3) is 7.97. The van der Waals surface area contributed by atoms with Crippen LogP contribution in [-0.2, 0) is 9.53 Å². The number of amides is 4.